The Morgan fingerprint density at radius 1 is 1.35 bits per heavy atom. The highest BCUT2D eigenvalue weighted by Gasteiger charge is 2.39. The van der Waals surface area contributed by atoms with E-state index in [0.717, 1.165) is 41.7 Å². The Morgan fingerprint density at radius 3 is 2.83 bits per heavy atom. The number of amides is 1. The van der Waals surface area contributed by atoms with Crippen molar-refractivity contribution in [2.75, 3.05) is 0 Å². The third kappa shape index (κ3) is 3.24. The number of carbonyl (C=O) groups is 1. The van der Waals surface area contributed by atoms with Crippen LogP contribution in [0.25, 0.3) is 0 Å². The van der Waals surface area contributed by atoms with Gasteiger partial charge in [0.1, 0.15) is 4.88 Å². The minimum atomic E-state index is -4.62. The van der Waals surface area contributed by atoms with Crippen LogP contribution in [0.2, 0.25) is 0 Å². The molecule has 3 nitrogen and oxygen atoms in total. The highest BCUT2D eigenvalue weighted by atomic mass is 32.1. The summed E-state index contributed by atoms with van der Waals surface area (Å²) in [6.07, 6.45) is -2.07. The van der Waals surface area contributed by atoms with Crippen molar-refractivity contribution in [3.05, 3.63) is 51.0 Å². The SMILES string of the molecule is Cc1nc(C(F)(F)F)c(C(=O)N[C@H]2CCCc3ccccc32)s1. The summed E-state index contributed by atoms with van der Waals surface area (Å²) < 4.78 is 39.0. The van der Waals surface area contributed by atoms with E-state index < -0.39 is 17.8 Å². The summed E-state index contributed by atoms with van der Waals surface area (Å²) in [6.45, 7) is 1.46. The number of nitrogens with zero attached hydrogens (tertiary/aromatic N) is 1. The highest BCUT2D eigenvalue weighted by molar-refractivity contribution is 7.13. The van der Waals surface area contributed by atoms with Crippen LogP contribution in [-0.2, 0) is 12.6 Å². The zero-order valence-electron chi connectivity index (χ0n) is 12.4. The van der Waals surface area contributed by atoms with Crippen molar-refractivity contribution in [1.29, 1.82) is 0 Å². The maximum Gasteiger partial charge on any atom is 0.435 e. The molecule has 0 bridgehead atoms. The highest BCUT2D eigenvalue weighted by Crippen LogP contribution is 2.35. The van der Waals surface area contributed by atoms with Crippen molar-refractivity contribution >= 4 is 17.2 Å². The number of hydrogen-bond donors (Lipinski definition) is 1. The van der Waals surface area contributed by atoms with Crippen molar-refractivity contribution in [3.8, 4) is 0 Å². The molecule has 1 aromatic carbocycles. The molecule has 0 aliphatic heterocycles. The molecule has 1 amide bonds. The molecule has 7 heteroatoms. The Hall–Kier alpha value is -1.89. The number of benzene rings is 1. The first kappa shape index (κ1) is 16.0. The van der Waals surface area contributed by atoms with Gasteiger partial charge in [-0.3, -0.25) is 4.79 Å². The third-order valence-electron chi connectivity index (χ3n) is 3.88. The monoisotopic (exact) mass is 340 g/mol. The average molecular weight is 340 g/mol. The summed E-state index contributed by atoms with van der Waals surface area (Å²) in [5, 5.41) is 2.98. The quantitative estimate of drug-likeness (QED) is 0.887. The normalized spacial score (nSPS) is 17.7. The van der Waals surface area contributed by atoms with Crippen LogP contribution in [0.5, 0.6) is 0 Å². The van der Waals surface area contributed by atoms with Gasteiger partial charge in [0.2, 0.25) is 0 Å². The van der Waals surface area contributed by atoms with Crippen LogP contribution in [0.1, 0.15) is 50.4 Å². The van der Waals surface area contributed by atoms with Gasteiger partial charge in [0.25, 0.3) is 5.91 Å². The van der Waals surface area contributed by atoms with E-state index >= 15 is 0 Å². The molecule has 3 rings (SSSR count). The summed E-state index contributed by atoms with van der Waals surface area (Å²) in [6, 6.07) is 7.46. The summed E-state index contributed by atoms with van der Waals surface area (Å²) in [5.74, 6) is -0.704. The fraction of sp³-hybridized carbons (Fsp3) is 0.375. The molecule has 2 aromatic rings. The Morgan fingerprint density at radius 2 is 2.09 bits per heavy atom. The molecule has 1 heterocycles. The van der Waals surface area contributed by atoms with Crippen molar-refractivity contribution in [3.63, 3.8) is 0 Å². The smallest absolute Gasteiger partial charge is 0.344 e. The maximum absolute atomic E-state index is 13.0. The van der Waals surface area contributed by atoms with E-state index in [1.165, 1.54) is 6.92 Å². The van der Waals surface area contributed by atoms with Gasteiger partial charge in [-0.1, -0.05) is 24.3 Å². The van der Waals surface area contributed by atoms with Crippen LogP contribution in [0.4, 0.5) is 13.2 Å². The number of nitrogens with one attached hydrogen (secondary N) is 1. The molecule has 122 valence electrons. The first-order valence-corrected chi connectivity index (χ1v) is 8.11. The van der Waals surface area contributed by atoms with Gasteiger partial charge in [-0.15, -0.1) is 11.3 Å². The lowest BCUT2D eigenvalue weighted by atomic mass is 9.88. The number of hydrogen-bond acceptors (Lipinski definition) is 3. The fourth-order valence-corrected chi connectivity index (χ4v) is 3.74. The molecule has 0 saturated heterocycles. The third-order valence-corrected chi connectivity index (χ3v) is 4.85. The summed E-state index contributed by atoms with van der Waals surface area (Å²) in [5.41, 5.74) is 1.03. The van der Waals surface area contributed by atoms with Crippen molar-refractivity contribution in [2.45, 2.75) is 38.4 Å². The largest absolute Gasteiger partial charge is 0.435 e. The van der Waals surface area contributed by atoms with Gasteiger partial charge in [0.15, 0.2) is 5.69 Å². The predicted octanol–water partition coefficient (Wildman–Crippen LogP) is 4.28. The van der Waals surface area contributed by atoms with Crippen LogP contribution in [0.15, 0.2) is 24.3 Å². The van der Waals surface area contributed by atoms with Crippen LogP contribution >= 0.6 is 11.3 Å². The molecule has 1 atom stereocenters. The minimum absolute atomic E-state index is 0.228. The lowest BCUT2D eigenvalue weighted by molar-refractivity contribution is -0.141. The number of aryl methyl sites for hydroxylation is 2. The zero-order chi connectivity index (χ0) is 16.6. The first-order chi connectivity index (χ1) is 10.9. The second kappa shape index (κ2) is 5.96. The molecular weight excluding hydrogens is 325 g/mol. The van der Waals surface area contributed by atoms with Crippen molar-refractivity contribution < 1.29 is 18.0 Å². The van der Waals surface area contributed by atoms with E-state index in [0.29, 0.717) is 0 Å². The van der Waals surface area contributed by atoms with Crippen LogP contribution in [-0.4, -0.2) is 10.9 Å². The molecule has 0 saturated carbocycles. The van der Waals surface area contributed by atoms with Gasteiger partial charge < -0.3 is 5.32 Å². The molecule has 1 aliphatic carbocycles. The van der Waals surface area contributed by atoms with Crippen molar-refractivity contribution in [2.24, 2.45) is 0 Å². The fourth-order valence-electron chi connectivity index (χ4n) is 2.90. The van der Waals surface area contributed by atoms with E-state index in [9.17, 15) is 18.0 Å². The van der Waals surface area contributed by atoms with Gasteiger partial charge in [-0.2, -0.15) is 13.2 Å². The average Bonchev–Trinajstić information content (AvgIpc) is 2.90. The lowest BCUT2D eigenvalue weighted by Crippen LogP contribution is -2.31. The molecule has 0 unspecified atom stereocenters. The summed E-state index contributed by atoms with van der Waals surface area (Å²) in [4.78, 5) is 15.5. The molecular formula is C16H15F3N2OS. The van der Waals surface area contributed by atoms with Crippen LogP contribution in [0, 0.1) is 6.92 Å². The van der Waals surface area contributed by atoms with E-state index in [4.69, 9.17) is 0 Å². The number of thiazole rings is 1. The Kier molecular flexibility index (Phi) is 4.14. The number of carbonyl (C=O) groups excluding carboxylic acids is 1. The summed E-state index contributed by atoms with van der Waals surface area (Å²) in [7, 11) is 0. The second-order valence-corrected chi connectivity index (χ2v) is 6.73. The molecule has 1 N–H and O–H groups in total. The molecule has 1 aliphatic rings. The molecule has 1 aromatic heterocycles. The topological polar surface area (TPSA) is 42.0 Å². The van der Waals surface area contributed by atoms with Gasteiger partial charge in [0.05, 0.1) is 11.0 Å². The predicted molar refractivity (Wildman–Crippen MR) is 81.4 cm³/mol. The molecule has 0 radical (unpaired) electrons. The molecule has 0 fully saturated rings. The summed E-state index contributed by atoms with van der Waals surface area (Å²) >= 11 is 0.776. The van der Waals surface area contributed by atoms with E-state index in [-0.39, 0.29) is 15.9 Å². The Balaban J connectivity index is 1.87. The minimum Gasteiger partial charge on any atom is -0.344 e. The van der Waals surface area contributed by atoms with E-state index in [1.807, 2.05) is 24.3 Å². The first-order valence-electron chi connectivity index (χ1n) is 7.29. The van der Waals surface area contributed by atoms with Gasteiger partial charge in [0, 0.05) is 0 Å². The van der Waals surface area contributed by atoms with Gasteiger partial charge in [-0.05, 0) is 37.3 Å². The number of fused-ring (bicyclic) bond motifs is 1. The van der Waals surface area contributed by atoms with Gasteiger partial charge >= 0.3 is 6.18 Å². The standard InChI is InChI=1S/C16H15F3N2OS/c1-9-20-14(16(17,18)19)13(23-9)15(22)21-12-8-4-6-10-5-2-3-7-11(10)12/h2-3,5,7,12H,4,6,8H2,1H3,(H,21,22)/t12-/m0/s1. The Labute approximate surface area is 135 Å². The van der Waals surface area contributed by atoms with Crippen molar-refractivity contribution in [1.82, 2.24) is 10.3 Å². The molecule has 23 heavy (non-hydrogen) atoms. The second-order valence-electron chi connectivity index (χ2n) is 5.53. The maximum atomic E-state index is 13.0. The number of halogens is 3. The number of rotatable bonds is 2. The van der Waals surface area contributed by atoms with E-state index in [2.05, 4.69) is 10.3 Å². The van der Waals surface area contributed by atoms with Crippen LogP contribution in [0.3, 0.4) is 0 Å². The van der Waals surface area contributed by atoms with Crippen LogP contribution < -0.4 is 5.32 Å². The zero-order valence-corrected chi connectivity index (χ0v) is 13.2. The molecule has 0 spiro atoms. The number of aromatic nitrogens is 1. The lowest BCUT2D eigenvalue weighted by Gasteiger charge is -2.26. The Bertz CT molecular complexity index is 739. The van der Waals surface area contributed by atoms with E-state index in [1.54, 1.807) is 0 Å². The van der Waals surface area contributed by atoms with Gasteiger partial charge in [-0.25, -0.2) is 4.98 Å². The number of alkyl halides is 3.